The van der Waals surface area contributed by atoms with Crippen LogP contribution in [-0.2, 0) is 30.3 Å². The maximum absolute atomic E-state index is 12.2. The van der Waals surface area contributed by atoms with Crippen molar-refractivity contribution in [2.75, 3.05) is 0 Å². The average Bonchev–Trinajstić information content (AvgIpc) is 3.51. The van der Waals surface area contributed by atoms with Crippen LogP contribution in [0, 0.1) is 22.3 Å². The molecule has 6 rings (SSSR count). The number of nitrogens with zero attached hydrogens (tertiary/aromatic N) is 1. The number of hydrogen-bond acceptors (Lipinski definition) is 4. The summed E-state index contributed by atoms with van der Waals surface area (Å²) in [5.41, 5.74) is 4.96. The fourth-order valence-electron chi connectivity index (χ4n) is 7.56. The van der Waals surface area contributed by atoms with E-state index in [4.69, 9.17) is 4.98 Å². The molecule has 287 valence electrons. The molecule has 53 heavy (non-hydrogen) atoms. The third kappa shape index (κ3) is 9.17. The molecule has 2 heterocycles. The van der Waals surface area contributed by atoms with Crippen molar-refractivity contribution in [2.45, 2.75) is 139 Å². The summed E-state index contributed by atoms with van der Waals surface area (Å²) in [6, 6.07) is 24.1. The third-order valence-electron chi connectivity index (χ3n) is 12.7. The summed E-state index contributed by atoms with van der Waals surface area (Å²) in [6.07, 6.45) is 12.0. The van der Waals surface area contributed by atoms with Gasteiger partial charge in [-0.2, -0.15) is 0 Å². The van der Waals surface area contributed by atoms with E-state index in [2.05, 4.69) is 95.3 Å². The van der Waals surface area contributed by atoms with Gasteiger partial charge in [0.25, 0.3) is 0 Å². The van der Waals surface area contributed by atoms with E-state index in [1.54, 1.807) is 0 Å². The molecule has 0 atom stereocenters. The smallest absolute Gasteiger partial charge is 0.164 e. The van der Waals surface area contributed by atoms with Gasteiger partial charge in [0, 0.05) is 58.3 Å². The van der Waals surface area contributed by atoms with Gasteiger partial charge in [-0.3, -0.25) is 9.78 Å². The van der Waals surface area contributed by atoms with Crippen LogP contribution in [0.2, 0.25) is 0 Å². The molecule has 0 aliphatic heterocycles. The molecule has 5 aromatic rings. The molecule has 1 saturated carbocycles. The number of rotatable bonds is 9. The van der Waals surface area contributed by atoms with E-state index in [-0.39, 0.29) is 47.9 Å². The second-order valence-corrected chi connectivity index (χ2v) is 18.7. The van der Waals surface area contributed by atoms with E-state index in [0.29, 0.717) is 11.3 Å². The predicted molar refractivity (Wildman–Crippen MR) is 226 cm³/mol. The first kappa shape index (κ1) is 42.9. The maximum atomic E-state index is 12.2. The largest absolute Gasteiger partial charge is 0.512 e. The quantitative estimate of drug-likeness (QED) is 0.0911. The van der Waals surface area contributed by atoms with Gasteiger partial charge in [0.15, 0.2) is 5.78 Å². The Hall–Kier alpha value is -2.85. The first-order valence-corrected chi connectivity index (χ1v) is 20.5. The van der Waals surface area contributed by atoms with Crippen molar-refractivity contribution in [3.05, 3.63) is 89.8 Å². The predicted octanol–water partition coefficient (Wildman–Crippen LogP) is 14.7. The Morgan fingerprint density at radius 3 is 2.09 bits per heavy atom. The Balaban J connectivity index is 0.000000299. The van der Waals surface area contributed by atoms with Gasteiger partial charge in [0.1, 0.15) is 5.76 Å². The van der Waals surface area contributed by atoms with E-state index < -0.39 is 0 Å². The van der Waals surface area contributed by atoms with Crippen molar-refractivity contribution in [3.63, 3.8) is 0 Å². The second kappa shape index (κ2) is 16.9. The van der Waals surface area contributed by atoms with E-state index in [1.165, 1.54) is 68.4 Å². The van der Waals surface area contributed by atoms with E-state index in [9.17, 15) is 9.90 Å². The van der Waals surface area contributed by atoms with Crippen LogP contribution in [0.4, 0.5) is 0 Å². The Labute approximate surface area is 337 Å². The number of aromatic nitrogens is 1. The molecule has 3 nitrogen and oxygen atoms in total. The number of fused-ring (bicyclic) bond motifs is 4. The standard InChI is InChI=1S/C33H34NS.C15H28O2.Ir/c1-32(2,3)28-19-24(18-23-8-6-7-9-25(23)28)30-31-27(14-17-34-30)26-11-10-22(20-29(26)35-31)21-12-15-33(4,5)16-13-21;1-7-14(5,8-2)12(16)11-13(17)15(6,9-3)10-4;/h6-11,14,17,19-21H,12-13,15-16H2,1-5H3;11,16H,7-10H2,1-6H3;/q-1;;/b;12-11-;. The van der Waals surface area contributed by atoms with Crippen molar-refractivity contribution in [3.8, 4) is 11.3 Å². The number of carbonyl (C=O) groups is 1. The summed E-state index contributed by atoms with van der Waals surface area (Å²) in [5.74, 6) is 0.979. The van der Waals surface area contributed by atoms with Crippen LogP contribution in [-0.4, -0.2) is 15.9 Å². The number of thiophene rings is 1. The van der Waals surface area contributed by atoms with E-state index in [1.807, 2.05) is 59.1 Å². The first-order valence-electron chi connectivity index (χ1n) is 19.7. The third-order valence-corrected chi connectivity index (χ3v) is 13.8. The van der Waals surface area contributed by atoms with Crippen molar-refractivity contribution in [1.82, 2.24) is 4.98 Å². The monoisotopic (exact) mass is 909 g/mol. The zero-order valence-corrected chi connectivity index (χ0v) is 37.3. The molecule has 3 aromatic carbocycles. The molecule has 2 aromatic heterocycles. The van der Waals surface area contributed by atoms with Gasteiger partial charge in [-0.1, -0.05) is 117 Å². The first-order chi connectivity index (χ1) is 24.5. The molecule has 0 amide bonds. The van der Waals surface area contributed by atoms with Crippen molar-refractivity contribution in [1.29, 1.82) is 0 Å². The average molecular weight is 909 g/mol. The van der Waals surface area contributed by atoms with Crippen LogP contribution in [0.15, 0.2) is 72.6 Å². The minimum Gasteiger partial charge on any atom is -0.512 e. The van der Waals surface area contributed by atoms with E-state index >= 15 is 0 Å². The SMILES string of the molecule is CC1(C)CCC(c2ccc3c(c2)sc2c(-c4[c-]c5ccccc5c(C(C)(C)C)c4)nccc23)CC1.CCC(C)(CC)C(=O)/C=C(\O)C(C)(CC)CC.[Ir]. The van der Waals surface area contributed by atoms with Gasteiger partial charge in [-0.25, -0.2) is 0 Å². The molecule has 0 spiro atoms. The Morgan fingerprint density at radius 2 is 1.49 bits per heavy atom. The second-order valence-electron chi connectivity index (χ2n) is 17.7. The summed E-state index contributed by atoms with van der Waals surface area (Å²) >= 11 is 1.90. The number of pyridine rings is 1. The van der Waals surface area contributed by atoms with Crippen LogP contribution in [0.3, 0.4) is 0 Å². The van der Waals surface area contributed by atoms with Gasteiger partial charge in [-0.15, -0.1) is 40.5 Å². The van der Waals surface area contributed by atoms with E-state index in [0.717, 1.165) is 42.3 Å². The minimum atomic E-state index is -0.337. The maximum Gasteiger partial charge on any atom is 0.164 e. The molecule has 1 N–H and O–H groups in total. The molecule has 1 fully saturated rings. The van der Waals surface area contributed by atoms with Gasteiger partial charge in [0.05, 0.1) is 0 Å². The Bertz CT molecular complexity index is 2060. The zero-order chi connectivity index (χ0) is 38.1. The topological polar surface area (TPSA) is 50.2 Å². The zero-order valence-electron chi connectivity index (χ0n) is 34.1. The van der Waals surface area contributed by atoms with Crippen LogP contribution in [0.1, 0.15) is 145 Å². The fourth-order valence-corrected chi connectivity index (χ4v) is 8.81. The summed E-state index contributed by atoms with van der Waals surface area (Å²) in [5, 5.41) is 15.2. The van der Waals surface area contributed by atoms with Crippen molar-refractivity contribution in [2.24, 2.45) is 16.2 Å². The number of aliphatic hydroxyl groups is 1. The molecule has 0 bridgehead atoms. The van der Waals surface area contributed by atoms with Crippen molar-refractivity contribution >= 4 is 48.1 Å². The minimum absolute atomic E-state index is 0. The summed E-state index contributed by atoms with van der Waals surface area (Å²) in [6.45, 7) is 23.8. The molecule has 0 unspecified atom stereocenters. The van der Waals surface area contributed by atoms with Gasteiger partial charge < -0.3 is 5.11 Å². The van der Waals surface area contributed by atoms with Gasteiger partial charge in [-0.05, 0) is 96.6 Å². The number of allylic oxidation sites excluding steroid dienone is 2. The normalized spacial score (nSPS) is 15.6. The summed E-state index contributed by atoms with van der Waals surface area (Å²) < 4.78 is 2.66. The molecule has 1 radical (unpaired) electrons. The van der Waals surface area contributed by atoms with Crippen LogP contribution < -0.4 is 0 Å². The molecule has 5 heteroatoms. The molecule has 0 saturated heterocycles. The fraction of sp³-hybridized carbons (Fsp3) is 0.500. The number of ketones is 1. The van der Waals surface area contributed by atoms with Gasteiger partial charge in [0.2, 0.25) is 0 Å². The number of carbonyl (C=O) groups excluding carboxylic acids is 1. The van der Waals surface area contributed by atoms with Crippen LogP contribution in [0.25, 0.3) is 42.2 Å². The van der Waals surface area contributed by atoms with Crippen LogP contribution in [0.5, 0.6) is 0 Å². The molecular formula is C48H62IrNO2S-. The Morgan fingerprint density at radius 1 is 0.868 bits per heavy atom. The summed E-state index contributed by atoms with van der Waals surface area (Å²) in [7, 11) is 0. The van der Waals surface area contributed by atoms with Crippen molar-refractivity contribution < 1.29 is 30.0 Å². The Kier molecular flexibility index (Phi) is 13.7. The summed E-state index contributed by atoms with van der Waals surface area (Å²) in [4.78, 5) is 17.1. The molecule has 1 aliphatic carbocycles. The number of aliphatic hydroxyl groups excluding tert-OH is 1. The molecule has 1 aliphatic rings. The van der Waals surface area contributed by atoms with Crippen LogP contribution >= 0.6 is 11.3 Å². The van der Waals surface area contributed by atoms with Gasteiger partial charge >= 0.3 is 0 Å². The number of hydrogen-bond donors (Lipinski definition) is 1. The number of benzene rings is 3. The molecular weight excluding hydrogens is 847 g/mol.